The van der Waals surface area contributed by atoms with Crippen LogP contribution in [-0.2, 0) is 7.05 Å². The molecule has 1 atom stereocenters. The molecule has 4 aromatic heterocycles. The third-order valence-corrected chi connectivity index (χ3v) is 4.58. The number of anilines is 1. The maximum absolute atomic E-state index is 11.9. The summed E-state index contributed by atoms with van der Waals surface area (Å²) in [5.74, 6) is 0.496. The molecular formula is C20H22FN7. The molecule has 0 aromatic carbocycles. The molecule has 1 fully saturated rings. The van der Waals surface area contributed by atoms with Gasteiger partial charge in [-0.05, 0) is 37.2 Å². The molecule has 8 heteroatoms. The average Bonchev–Trinajstić information content (AvgIpc) is 3.42. The van der Waals surface area contributed by atoms with E-state index in [4.69, 9.17) is 5.73 Å². The zero-order valence-corrected chi connectivity index (χ0v) is 15.6. The number of rotatable bonds is 2. The topological polar surface area (TPSA) is 86.1 Å². The first-order chi connectivity index (χ1) is 13.6. The summed E-state index contributed by atoms with van der Waals surface area (Å²) < 4.78 is 15.7. The van der Waals surface area contributed by atoms with Crippen molar-refractivity contribution in [3.8, 4) is 22.5 Å². The first-order valence-corrected chi connectivity index (χ1v) is 9.14. The Morgan fingerprint density at radius 1 is 1.14 bits per heavy atom. The number of imidazole rings is 1. The van der Waals surface area contributed by atoms with Gasteiger partial charge in [-0.15, -0.1) is 0 Å². The van der Waals surface area contributed by atoms with E-state index in [-0.39, 0.29) is 0 Å². The number of halogens is 1. The third-order valence-electron chi connectivity index (χ3n) is 4.58. The molecule has 0 saturated carbocycles. The Morgan fingerprint density at radius 2 is 2.04 bits per heavy atom. The van der Waals surface area contributed by atoms with E-state index < -0.39 is 6.17 Å². The molecule has 0 radical (unpaired) electrons. The Bertz CT molecular complexity index is 1080. The van der Waals surface area contributed by atoms with E-state index in [2.05, 4.69) is 20.4 Å². The summed E-state index contributed by atoms with van der Waals surface area (Å²) in [5.41, 5.74) is 10.5. The van der Waals surface area contributed by atoms with Crippen LogP contribution in [0.4, 0.5) is 10.2 Å². The Balaban J connectivity index is 0.000000275. The highest BCUT2D eigenvalue weighted by molar-refractivity contribution is 5.67. The molecule has 1 unspecified atom stereocenters. The van der Waals surface area contributed by atoms with Crippen LogP contribution in [0.2, 0.25) is 0 Å². The first kappa shape index (κ1) is 18.1. The molecule has 5 heterocycles. The lowest BCUT2D eigenvalue weighted by molar-refractivity contribution is 0.361. The quantitative estimate of drug-likeness (QED) is 0.559. The molecule has 0 aliphatic carbocycles. The van der Waals surface area contributed by atoms with E-state index in [1.165, 1.54) is 0 Å². The lowest BCUT2D eigenvalue weighted by atomic mass is 10.1. The fourth-order valence-electron chi connectivity index (χ4n) is 3.12. The molecule has 7 nitrogen and oxygen atoms in total. The Hall–Kier alpha value is -3.26. The molecule has 1 aliphatic rings. The van der Waals surface area contributed by atoms with Gasteiger partial charge in [0.1, 0.15) is 17.6 Å². The molecule has 0 bridgehead atoms. The summed E-state index contributed by atoms with van der Waals surface area (Å²) in [7, 11) is 1.90. The summed E-state index contributed by atoms with van der Waals surface area (Å²) in [6.07, 6.45) is 7.82. The van der Waals surface area contributed by atoms with Crippen LogP contribution in [0.3, 0.4) is 0 Å². The van der Waals surface area contributed by atoms with Crippen LogP contribution in [0, 0.1) is 0 Å². The van der Waals surface area contributed by atoms with E-state index in [0.717, 1.165) is 34.7 Å². The number of alkyl halides is 1. The van der Waals surface area contributed by atoms with E-state index in [0.29, 0.717) is 18.8 Å². The highest BCUT2D eigenvalue weighted by Crippen LogP contribution is 2.24. The number of nitrogens with zero attached hydrogens (tertiary/aromatic N) is 5. The van der Waals surface area contributed by atoms with Gasteiger partial charge in [-0.1, -0.05) is 6.07 Å². The van der Waals surface area contributed by atoms with Crippen molar-refractivity contribution in [3.63, 3.8) is 0 Å². The number of aromatic nitrogens is 5. The van der Waals surface area contributed by atoms with Gasteiger partial charge < -0.3 is 11.1 Å². The highest BCUT2D eigenvalue weighted by Gasteiger charge is 2.11. The monoisotopic (exact) mass is 379 g/mol. The normalized spacial score (nSPS) is 16.1. The van der Waals surface area contributed by atoms with Crippen LogP contribution in [0.5, 0.6) is 0 Å². The fourth-order valence-corrected chi connectivity index (χ4v) is 3.12. The lowest BCUT2D eigenvalue weighted by Crippen LogP contribution is -2.08. The van der Waals surface area contributed by atoms with Crippen molar-refractivity contribution < 1.29 is 4.39 Å². The maximum Gasteiger partial charge on any atom is 0.137 e. The van der Waals surface area contributed by atoms with E-state index in [1.54, 1.807) is 10.7 Å². The number of hydrogen-bond acceptors (Lipinski definition) is 5. The Morgan fingerprint density at radius 3 is 2.68 bits per heavy atom. The SMILES string of the molecule is Cn1cc(-c2ccc3ncc(-c4cccc(N)n4)n3c2)cn1.FC1CCNC1. The largest absolute Gasteiger partial charge is 0.384 e. The number of nitrogen functional groups attached to an aromatic ring is 1. The smallest absolute Gasteiger partial charge is 0.137 e. The van der Waals surface area contributed by atoms with Crippen molar-refractivity contribution in [1.29, 1.82) is 0 Å². The first-order valence-electron chi connectivity index (χ1n) is 9.14. The van der Waals surface area contributed by atoms with E-state index in [1.807, 2.05) is 60.5 Å². The minimum Gasteiger partial charge on any atom is -0.384 e. The summed E-state index contributed by atoms with van der Waals surface area (Å²) >= 11 is 0. The van der Waals surface area contributed by atoms with Crippen molar-refractivity contribution in [2.75, 3.05) is 18.8 Å². The molecule has 5 rings (SSSR count). The second kappa shape index (κ2) is 7.77. The second-order valence-corrected chi connectivity index (χ2v) is 6.73. The van der Waals surface area contributed by atoms with Crippen LogP contribution >= 0.6 is 0 Å². The van der Waals surface area contributed by atoms with Gasteiger partial charge in [-0.25, -0.2) is 14.4 Å². The van der Waals surface area contributed by atoms with E-state index in [9.17, 15) is 4.39 Å². The predicted octanol–water partition coefficient (Wildman–Crippen LogP) is 2.70. The summed E-state index contributed by atoms with van der Waals surface area (Å²) in [6.45, 7) is 1.43. The van der Waals surface area contributed by atoms with Gasteiger partial charge in [0, 0.05) is 37.1 Å². The van der Waals surface area contributed by atoms with Gasteiger partial charge in [-0.3, -0.25) is 9.08 Å². The molecule has 28 heavy (non-hydrogen) atoms. The standard InChI is InChI=1S/C16H14N6.C4H8FN/c1-21-9-12(7-19-21)11-5-6-16-18-8-14(22(16)10-11)13-3-2-4-15(17)20-13;5-4-1-2-6-3-4/h2-10H,1H3,(H2,17,20);4,6H,1-3H2. The van der Waals surface area contributed by atoms with Crippen molar-refractivity contribution >= 4 is 11.5 Å². The van der Waals surface area contributed by atoms with Crippen molar-refractivity contribution in [3.05, 3.63) is 55.1 Å². The molecular weight excluding hydrogens is 357 g/mol. The Kier molecular flexibility index (Phi) is 5.03. The zero-order valence-electron chi connectivity index (χ0n) is 15.6. The van der Waals surface area contributed by atoms with Gasteiger partial charge in [-0.2, -0.15) is 5.10 Å². The molecule has 0 spiro atoms. The van der Waals surface area contributed by atoms with Crippen LogP contribution < -0.4 is 11.1 Å². The van der Waals surface area contributed by atoms with Crippen molar-refractivity contribution in [2.24, 2.45) is 7.05 Å². The van der Waals surface area contributed by atoms with Crippen LogP contribution in [-0.4, -0.2) is 43.4 Å². The summed E-state index contributed by atoms with van der Waals surface area (Å²) in [5, 5.41) is 7.11. The molecule has 1 saturated heterocycles. The Labute approximate surface area is 162 Å². The van der Waals surface area contributed by atoms with Crippen LogP contribution in [0.25, 0.3) is 28.2 Å². The number of aryl methyl sites for hydroxylation is 1. The zero-order chi connectivity index (χ0) is 19.5. The molecule has 1 aliphatic heterocycles. The predicted molar refractivity (Wildman–Crippen MR) is 107 cm³/mol. The van der Waals surface area contributed by atoms with Gasteiger partial charge in [0.2, 0.25) is 0 Å². The van der Waals surface area contributed by atoms with Gasteiger partial charge in [0.15, 0.2) is 0 Å². The number of nitrogens with two attached hydrogens (primary N) is 1. The van der Waals surface area contributed by atoms with Crippen LogP contribution in [0.1, 0.15) is 6.42 Å². The van der Waals surface area contributed by atoms with Crippen LogP contribution in [0.15, 0.2) is 55.1 Å². The molecule has 4 aromatic rings. The van der Waals surface area contributed by atoms with E-state index >= 15 is 0 Å². The summed E-state index contributed by atoms with van der Waals surface area (Å²) in [6, 6.07) is 9.61. The summed E-state index contributed by atoms with van der Waals surface area (Å²) in [4.78, 5) is 8.80. The van der Waals surface area contributed by atoms with Gasteiger partial charge in [0.05, 0.1) is 23.8 Å². The third kappa shape index (κ3) is 3.86. The van der Waals surface area contributed by atoms with Gasteiger partial charge in [0.25, 0.3) is 0 Å². The molecule has 3 N–H and O–H groups in total. The van der Waals surface area contributed by atoms with Gasteiger partial charge >= 0.3 is 0 Å². The lowest BCUT2D eigenvalue weighted by Gasteiger charge is -2.04. The van der Waals surface area contributed by atoms with Crippen molar-refractivity contribution in [2.45, 2.75) is 12.6 Å². The minimum atomic E-state index is -0.565. The average molecular weight is 379 g/mol. The second-order valence-electron chi connectivity index (χ2n) is 6.73. The minimum absolute atomic E-state index is 0.496. The highest BCUT2D eigenvalue weighted by atomic mass is 19.1. The van der Waals surface area contributed by atoms with Crippen molar-refractivity contribution in [1.82, 2.24) is 29.5 Å². The maximum atomic E-state index is 11.9. The number of pyridine rings is 2. The molecule has 144 valence electrons. The fraction of sp³-hybridized carbons (Fsp3) is 0.250. The number of fused-ring (bicyclic) bond motifs is 1. The number of hydrogen-bond donors (Lipinski definition) is 2. The number of nitrogens with one attached hydrogen (secondary N) is 1. The molecule has 0 amide bonds.